The zero-order chi connectivity index (χ0) is 20.3. The molecule has 2 heterocycles. The number of methoxy groups -OCH3 is 1. The van der Waals surface area contributed by atoms with E-state index in [0.29, 0.717) is 16.3 Å². The van der Waals surface area contributed by atoms with Gasteiger partial charge in [0.05, 0.1) is 19.9 Å². The molecular weight excluding hydrogens is 368 g/mol. The average molecular weight is 386 g/mol. The lowest BCUT2D eigenvalue weighted by Gasteiger charge is -2.22. The summed E-state index contributed by atoms with van der Waals surface area (Å²) in [5, 5.41) is 5.47. The van der Waals surface area contributed by atoms with Gasteiger partial charge in [0.2, 0.25) is 0 Å². The van der Waals surface area contributed by atoms with Crippen LogP contribution in [0.15, 0.2) is 47.1 Å². The van der Waals surface area contributed by atoms with E-state index in [0.717, 1.165) is 0 Å². The molecule has 10 nitrogen and oxygen atoms in total. The highest BCUT2D eigenvalue weighted by molar-refractivity contribution is 6.08. The summed E-state index contributed by atoms with van der Waals surface area (Å²) in [6, 6.07) is 8.79. The van der Waals surface area contributed by atoms with Gasteiger partial charge >= 0.3 is 6.03 Å². The molecule has 3 N–H and O–H groups in total. The first-order valence-electron chi connectivity index (χ1n) is 8.27. The molecule has 3 rings (SSSR count). The minimum Gasteiger partial charge on any atom is -0.497 e. The highest BCUT2D eigenvalue weighted by Gasteiger charge is 2.50. The van der Waals surface area contributed by atoms with Crippen molar-refractivity contribution < 1.29 is 28.3 Å². The van der Waals surface area contributed by atoms with Crippen LogP contribution < -0.4 is 20.8 Å². The number of urea groups is 1. The van der Waals surface area contributed by atoms with Crippen LogP contribution in [0, 0.1) is 0 Å². The average Bonchev–Trinajstić information content (AvgIpc) is 3.30. The van der Waals surface area contributed by atoms with Crippen LogP contribution in [0.2, 0.25) is 0 Å². The van der Waals surface area contributed by atoms with Crippen LogP contribution in [0.4, 0.5) is 4.79 Å². The predicted molar refractivity (Wildman–Crippen MR) is 94.9 cm³/mol. The summed E-state index contributed by atoms with van der Waals surface area (Å²) < 4.78 is 9.99. The second kappa shape index (κ2) is 7.43. The minimum atomic E-state index is -1.35. The molecule has 0 unspecified atom stereocenters. The topological polar surface area (TPSA) is 130 Å². The Bertz CT molecular complexity index is 909. The minimum absolute atomic E-state index is 0.0369. The van der Waals surface area contributed by atoms with Crippen LogP contribution in [0.1, 0.15) is 23.0 Å². The van der Waals surface area contributed by atoms with Gasteiger partial charge < -0.3 is 19.8 Å². The zero-order valence-corrected chi connectivity index (χ0v) is 15.1. The summed E-state index contributed by atoms with van der Waals surface area (Å²) >= 11 is 0. The van der Waals surface area contributed by atoms with Crippen molar-refractivity contribution >= 4 is 23.8 Å². The first-order valence-corrected chi connectivity index (χ1v) is 8.27. The third-order valence-corrected chi connectivity index (χ3v) is 4.25. The Morgan fingerprint density at radius 2 is 1.93 bits per heavy atom. The van der Waals surface area contributed by atoms with E-state index in [1.807, 2.05) is 0 Å². The summed E-state index contributed by atoms with van der Waals surface area (Å²) in [4.78, 5) is 48.8. The number of carbonyl (C=O) groups is 4. The number of furan rings is 1. The van der Waals surface area contributed by atoms with Gasteiger partial charge in [-0.05, 0) is 36.8 Å². The van der Waals surface area contributed by atoms with Gasteiger partial charge in [0.15, 0.2) is 5.76 Å². The van der Waals surface area contributed by atoms with Crippen molar-refractivity contribution in [2.75, 3.05) is 13.7 Å². The molecule has 28 heavy (non-hydrogen) atoms. The summed E-state index contributed by atoms with van der Waals surface area (Å²) in [6.07, 6.45) is 1.32. The molecule has 0 radical (unpaired) electrons. The van der Waals surface area contributed by atoms with Crippen molar-refractivity contribution in [1.82, 2.24) is 21.1 Å². The van der Waals surface area contributed by atoms with Gasteiger partial charge in [0, 0.05) is 0 Å². The number of amides is 5. The normalized spacial score (nSPS) is 18.6. The Labute approximate surface area is 159 Å². The molecule has 0 saturated carbocycles. The van der Waals surface area contributed by atoms with E-state index in [4.69, 9.17) is 9.15 Å². The highest BCUT2D eigenvalue weighted by atomic mass is 16.5. The maximum absolute atomic E-state index is 12.7. The molecule has 0 aliphatic carbocycles. The standard InChI is InChI=1S/C18H18N4O6/c1-18(11-5-7-12(27-2)8-6-11)16(25)22(17(26)20-18)21-14(23)10-19-15(24)13-4-3-9-28-13/h3-9H,10H2,1-2H3,(H,19,24)(H,20,26)(H,21,23)/t18-/m1/s1. The predicted octanol–water partition coefficient (Wildman–Crippen LogP) is 0.516. The lowest BCUT2D eigenvalue weighted by molar-refractivity contribution is -0.138. The Kier molecular flexibility index (Phi) is 5.03. The van der Waals surface area contributed by atoms with Crippen molar-refractivity contribution in [3.05, 3.63) is 54.0 Å². The quantitative estimate of drug-likeness (QED) is 0.621. The number of hydrazine groups is 1. The van der Waals surface area contributed by atoms with E-state index >= 15 is 0 Å². The van der Waals surface area contributed by atoms with Crippen LogP contribution in [0.3, 0.4) is 0 Å². The van der Waals surface area contributed by atoms with Gasteiger partial charge in [-0.3, -0.25) is 19.8 Å². The van der Waals surface area contributed by atoms with E-state index in [2.05, 4.69) is 16.1 Å². The Morgan fingerprint density at radius 3 is 2.54 bits per heavy atom. The molecule has 1 fully saturated rings. The van der Waals surface area contributed by atoms with Crippen LogP contribution in [0.25, 0.3) is 0 Å². The van der Waals surface area contributed by atoms with E-state index < -0.39 is 35.8 Å². The Morgan fingerprint density at radius 1 is 1.21 bits per heavy atom. The molecule has 1 aliphatic rings. The monoisotopic (exact) mass is 386 g/mol. The first kappa shape index (κ1) is 19.0. The Hall–Kier alpha value is -3.82. The van der Waals surface area contributed by atoms with Crippen LogP contribution in [-0.2, 0) is 15.1 Å². The third-order valence-electron chi connectivity index (χ3n) is 4.25. The number of hydrogen-bond donors (Lipinski definition) is 3. The molecule has 1 atom stereocenters. The number of imide groups is 1. The van der Waals surface area contributed by atoms with Crippen molar-refractivity contribution in [3.8, 4) is 5.75 Å². The molecule has 5 amide bonds. The van der Waals surface area contributed by atoms with Crippen LogP contribution in [0.5, 0.6) is 5.75 Å². The first-order chi connectivity index (χ1) is 13.3. The maximum atomic E-state index is 12.7. The lowest BCUT2D eigenvalue weighted by Crippen LogP contribution is -2.50. The fraction of sp³-hybridized carbons (Fsp3) is 0.222. The number of hydrogen-bond acceptors (Lipinski definition) is 6. The molecule has 1 aliphatic heterocycles. The number of rotatable bonds is 6. The second-order valence-electron chi connectivity index (χ2n) is 6.12. The van der Waals surface area contributed by atoms with Crippen molar-refractivity contribution in [3.63, 3.8) is 0 Å². The molecule has 0 spiro atoms. The van der Waals surface area contributed by atoms with Crippen LogP contribution in [-0.4, -0.2) is 42.4 Å². The molecular formula is C18H18N4O6. The molecule has 1 saturated heterocycles. The van der Waals surface area contributed by atoms with E-state index in [1.165, 1.54) is 32.4 Å². The van der Waals surface area contributed by atoms with Gasteiger partial charge in [0.1, 0.15) is 11.3 Å². The number of nitrogens with zero attached hydrogens (tertiary/aromatic N) is 1. The second-order valence-corrected chi connectivity index (χ2v) is 6.12. The summed E-state index contributed by atoms with van der Waals surface area (Å²) in [5.74, 6) is -1.37. The molecule has 1 aromatic heterocycles. The summed E-state index contributed by atoms with van der Waals surface area (Å²) in [7, 11) is 1.52. The third kappa shape index (κ3) is 3.52. The lowest BCUT2D eigenvalue weighted by atomic mass is 9.92. The fourth-order valence-electron chi connectivity index (χ4n) is 2.68. The highest BCUT2D eigenvalue weighted by Crippen LogP contribution is 2.29. The zero-order valence-electron chi connectivity index (χ0n) is 15.1. The number of benzene rings is 1. The van der Waals surface area contributed by atoms with Gasteiger partial charge in [-0.25, -0.2) is 4.79 Å². The number of nitrogens with one attached hydrogen (secondary N) is 3. The Balaban J connectivity index is 1.64. The molecule has 146 valence electrons. The molecule has 10 heteroatoms. The fourth-order valence-corrected chi connectivity index (χ4v) is 2.68. The van der Waals surface area contributed by atoms with E-state index in [1.54, 1.807) is 24.3 Å². The van der Waals surface area contributed by atoms with Gasteiger partial charge in [-0.15, -0.1) is 0 Å². The molecule has 2 aromatic rings. The summed E-state index contributed by atoms with van der Waals surface area (Å²) in [5.41, 5.74) is 1.36. The largest absolute Gasteiger partial charge is 0.497 e. The molecule has 1 aromatic carbocycles. The van der Waals surface area contributed by atoms with Gasteiger partial charge in [0.25, 0.3) is 17.7 Å². The van der Waals surface area contributed by atoms with Crippen molar-refractivity contribution in [2.45, 2.75) is 12.5 Å². The SMILES string of the molecule is COc1ccc([C@@]2(C)NC(=O)N(NC(=O)CNC(=O)c3ccco3)C2=O)cc1. The van der Waals surface area contributed by atoms with Crippen molar-refractivity contribution in [1.29, 1.82) is 0 Å². The number of ether oxygens (including phenoxy) is 1. The maximum Gasteiger partial charge on any atom is 0.344 e. The van der Waals surface area contributed by atoms with E-state index in [-0.39, 0.29) is 5.76 Å². The summed E-state index contributed by atoms with van der Waals surface area (Å²) in [6.45, 7) is 1.08. The number of carbonyl (C=O) groups excluding carboxylic acids is 4. The van der Waals surface area contributed by atoms with Crippen molar-refractivity contribution in [2.24, 2.45) is 0 Å². The van der Waals surface area contributed by atoms with E-state index in [9.17, 15) is 19.2 Å². The van der Waals surface area contributed by atoms with Gasteiger partial charge in [-0.2, -0.15) is 5.01 Å². The van der Waals surface area contributed by atoms with Gasteiger partial charge in [-0.1, -0.05) is 12.1 Å². The van der Waals surface area contributed by atoms with Crippen LogP contribution >= 0.6 is 0 Å². The smallest absolute Gasteiger partial charge is 0.344 e. The molecule has 0 bridgehead atoms.